The van der Waals surface area contributed by atoms with E-state index in [4.69, 9.17) is 11.5 Å². The van der Waals surface area contributed by atoms with E-state index in [0.717, 1.165) is 28.9 Å². The normalized spacial score (nSPS) is 15.9. The van der Waals surface area contributed by atoms with Crippen LogP contribution in [0.2, 0.25) is 0 Å². The monoisotopic (exact) mass is 522 g/mol. The summed E-state index contributed by atoms with van der Waals surface area (Å²) in [5, 5.41) is 2.80. The molecule has 5 N–H and O–H groups in total. The second-order valence-corrected chi connectivity index (χ2v) is 10.4. The van der Waals surface area contributed by atoms with Crippen LogP contribution in [0.25, 0.3) is 0 Å². The molecular formula is C26H27FN6O3S. The lowest BCUT2D eigenvalue weighted by Gasteiger charge is -2.38. The molecule has 1 heterocycles. The number of anilines is 2. The van der Waals surface area contributed by atoms with Gasteiger partial charge in [0, 0.05) is 11.4 Å². The molecule has 11 heteroatoms. The van der Waals surface area contributed by atoms with Crippen molar-refractivity contribution >= 4 is 39.4 Å². The third kappa shape index (κ3) is 5.95. The van der Waals surface area contributed by atoms with Crippen molar-refractivity contribution in [3.63, 3.8) is 0 Å². The van der Waals surface area contributed by atoms with E-state index in [1.54, 1.807) is 4.90 Å². The van der Waals surface area contributed by atoms with Gasteiger partial charge in [-0.05, 0) is 67.8 Å². The highest BCUT2D eigenvalue weighted by molar-refractivity contribution is 7.86. The average molecular weight is 523 g/mol. The zero-order valence-electron chi connectivity index (χ0n) is 20.3. The quantitative estimate of drug-likeness (QED) is 0.405. The van der Waals surface area contributed by atoms with Crippen LogP contribution < -0.4 is 21.7 Å². The number of carbonyl (C=O) groups is 1. The number of nitrogens with two attached hydrogens (primary N) is 2. The van der Waals surface area contributed by atoms with Crippen molar-refractivity contribution in [1.82, 2.24) is 0 Å². The van der Waals surface area contributed by atoms with Crippen molar-refractivity contribution in [2.45, 2.75) is 36.7 Å². The molecule has 0 spiro atoms. The molecule has 0 radical (unpaired) electrons. The number of amides is 1. The first-order valence-electron chi connectivity index (χ1n) is 11.4. The molecule has 0 fully saturated rings. The number of hydrogen-bond acceptors (Lipinski definition) is 8. The van der Waals surface area contributed by atoms with E-state index < -0.39 is 26.7 Å². The van der Waals surface area contributed by atoms with E-state index in [0.29, 0.717) is 12.1 Å². The molecule has 0 aromatic heterocycles. The molecule has 0 saturated heterocycles. The summed E-state index contributed by atoms with van der Waals surface area (Å²) in [5.41, 5.74) is 14.0. The second kappa shape index (κ2) is 10.0. The van der Waals surface area contributed by atoms with Gasteiger partial charge in [0.05, 0.1) is 10.8 Å². The first kappa shape index (κ1) is 25.8. The summed E-state index contributed by atoms with van der Waals surface area (Å²) >= 11 is 0. The predicted molar refractivity (Wildman–Crippen MR) is 142 cm³/mol. The van der Waals surface area contributed by atoms with Gasteiger partial charge in [0.15, 0.2) is 0 Å². The Morgan fingerprint density at radius 3 is 2.19 bits per heavy atom. The number of halogens is 1. The number of aliphatic imine (C=N–C) groups is 2. The standard InChI is InChI=1S/C26H27FN6O3S/c1-26(2)32-24(28)31-25(29)33(26)20-12-8-17(9-13-20)16-22(18-6-4-3-5-7-18)23(34)30-19-10-14-21(15-11-19)37(27,35)36/h3-15,22H,16H2,1-2H3,(H,30,34)(H4,28,29,31,32). The van der Waals surface area contributed by atoms with Gasteiger partial charge in [0.1, 0.15) is 5.66 Å². The number of nitrogens with one attached hydrogen (secondary N) is 1. The van der Waals surface area contributed by atoms with Crippen molar-refractivity contribution in [1.29, 1.82) is 0 Å². The number of nitrogens with zero attached hydrogens (tertiary/aromatic N) is 3. The lowest BCUT2D eigenvalue weighted by molar-refractivity contribution is -0.117. The van der Waals surface area contributed by atoms with Crippen LogP contribution in [0.4, 0.5) is 15.3 Å². The summed E-state index contributed by atoms with van der Waals surface area (Å²) < 4.78 is 35.3. The van der Waals surface area contributed by atoms with Gasteiger partial charge in [-0.15, -0.1) is 3.89 Å². The van der Waals surface area contributed by atoms with E-state index in [-0.39, 0.29) is 17.8 Å². The third-order valence-electron chi connectivity index (χ3n) is 5.95. The number of carbonyl (C=O) groups excluding carboxylic acids is 1. The average Bonchev–Trinajstić information content (AvgIpc) is 2.82. The van der Waals surface area contributed by atoms with E-state index >= 15 is 0 Å². The first-order chi connectivity index (χ1) is 17.4. The lowest BCUT2D eigenvalue weighted by atomic mass is 9.91. The van der Waals surface area contributed by atoms with Crippen molar-refractivity contribution in [3.05, 3.63) is 90.0 Å². The van der Waals surface area contributed by atoms with Crippen LogP contribution in [0.15, 0.2) is 93.7 Å². The number of rotatable bonds is 7. The lowest BCUT2D eigenvalue weighted by Crippen LogP contribution is -2.54. The highest BCUT2D eigenvalue weighted by Crippen LogP contribution is 2.29. The molecule has 9 nitrogen and oxygen atoms in total. The fourth-order valence-corrected chi connectivity index (χ4v) is 4.71. The molecule has 1 amide bonds. The first-order valence-corrected chi connectivity index (χ1v) is 12.8. The zero-order chi connectivity index (χ0) is 26.8. The Morgan fingerprint density at radius 2 is 1.62 bits per heavy atom. The van der Waals surface area contributed by atoms with Crippen molar-refractivity contribution in [2.75, 3.05) is 10.2 Å². The van der Waals surface area contributed by atoms with Crippen LogP contribution >= 0.6 is 0 Å². The zero-order valence-corrected chi connectivity index (χ0v) is 21.1. The highest BCUT2D eigenvalue weighted by atomic mass is 32.3. The Morgan fingerprint density at radius 1 is 1.00 bits per heavy atom. The predicted octanol–water partition coefficient (Wildman–Crippen LogP) is 3.50. The smallest absolute Gasteiger partial charge is 0.332 e. The molecule has 0 saturated carbocycles. The molecule has 1 atom stereocenters. The molecule has 3 aromatic rings. The van der Waals surface area contributed by atoms with E-state index in [9.17, 15) is 17.1 Å². The van der Waals surface area contributed by atoms with E-state index in [1.807, 2.05) is 68.4 Å². The topological polar surface area (TPSA) is 143 Å². The highest BCUT2D eigenvalue weighted by Gasteiger charge is 2.33. The van der Waals surface area contributed by atoms with Crippen LogP contribution in [0.3, 0.4) is 0 Å². The third-order valence-corrected chi connectivity index (χ3v) is 6.78. The van der Waals surface area contributed by atoms with Gasteiger partial charge in [0.25, 0.3) is 0 Å². The molecule has 0 bridgehead atoms. The number of guanidine groups is 2. The van der Waals surface area contributed by atoms with Gasteiger partial charge < -0.3 is 16.8 Å². The summed E-state index contributed by atoms with van der Waals surface area (Å²) in [4.78, 5) is 23.0. The Kier molecular flexibility index (Phi) is 6.99. The Hall–Kier alpha value is -4.25. The molecule has 1 aliphatic heterocycles. The Bertz CT molecular complexity index is 1450. The molecular weight excluding hydrogens is 495 g/mol. The number of benzene rings is 3. The maximum Gasteiger partial charge on any atom is 0.332 e. The summed E-state index contributed by atoms with van der Waals surface area (Å²) in [6, 6.07) is 21.8. The van der Waals surface area contributed by atoms with Crippen molar-refractivity contribution in [3.8, 4) is 0 Å². The van der Waals surface area contributed by atoms with Crippen molar-refractivity contribution < 1.29 is 17.1 Å². The van der Waals surface area contributed by atoms with Gasteiger partial charge in [-0.2, -0.15) is 13.4 Å². The molecule has 0 aliphatic carbocycles. The molecule has 192 valence electrons. The second-order valence-electron chi connectivity index (χ2n) is 9.06. The number of hydrogen-bond donors (Lipinski definition) is 3. The van der Waals surface area contributed by atoms with Gasteiger partial charge in [0.2, 0.25) is 17.8 Å². The van der Waals surface area contributed by atoms with Gasteiger partial charge in [-0.3, -0.25) is 9.69 Å². The van der Waals surface area contributed by atoms with E-state index in [2.05, 4.69) is 15.3 Å². The molecule has 4 rings (SSSR count). The SMILES string of the molecule is CC1(C)N=C(N)N=C(N)N1c1ccc(CC(C(=O)Nc2ccc(S(=O)(=O)F)cc2)c2ccccc2)cc1. The Labute approximate surface area is 214 Å². The molecule has 37 heavy (non-hydrogen) atoms. The molecule has 1 unspecified atom stereocenters. The molecule has 1 aliphatic rings. The van der Waals surface area contributed by atoms with Crippen LogP contribution in [0, 0.1) is 0 Å². The maximum absolute atomic E-state index is 13.3. The van der Waals surface area contributed by atoms with Crippen LogP contribution in [-0.4, -0.2) is 31.9 Å². The Balaban J connectivity index is 1.56. The fraction of sp³-hybridized carbons (Fsp3) is 0.192. The van der Waals surface area contributed by atoms with Gasteiger partial charge in [-0.1, -0.05) is 42.5 Å². The summed E-state index contributed by atoms with van der Waals surface area (Å²) in [7, 11) is -4.82. The van der Waals surface area contributed by atoms with Crippen LogP contribution in [-0.2, 0) is 21.4 Å². The van der Waals surface area contributed by atoms with Gasteiger partial charge >= 0.3 is 10.2 Å². The van der Waals surface area contributed by atoms with Crippen LogP contribution in [0.5, 0.6) is 0 Å². The minimum absolute atomic E-state index is 0.119. The maximum atomic E-state index is 13.3. The minimum atomic E-state index is -4.82. The fourth-order valence-electron chi connectivity index (χ4n) is 4.25. The minimum Gasteiger partial charge on any atom is -0.369 e. The van der Waals surface area contributed by atoms with Crippen LogP contribution in [0.1, 0.15) is 30.9 Å². The van der Waals surface area contributed by atoms with E-state index in [1.165, 1.54) is 12.1 Å². The summed E-state index contributed by atoms with van der Waals surface area (Å²) in [6.45, 7) is 3.75. The summed E-state index contributed by atoms with van der Waals surface area (Å²) in [6.07, 6.45) is 0.394. The van der Waals surface area contributed by atoms with Gasteiger partial charge in [-0.25, -0.2) is 4.99 Å². The molecule has 3 aromatic carbocycles. The van der Waals surface area contributed by atoms with Crippen molar-refractivity contribution in [2.24, 2.45) is 21.5 Å². The summed E-state index contributed by atoms with van der Waals surface area (Å²) in [5.74, 6) is -0.477. The largest absolute Gasteiger partial charge is 0.369 e.